The Morgan fingerprint density at radius 1 is 0.833 bits per heavy atom. The monoisotopic (exact) mass is 539 g/mol. The van der Waals surface area contributed by atoms with Crippen LogP contribution in [-0.4, -0.2) is 101 Å². The lowest BCUT2D eigenvalue weighted by atomic mass is 9.92. The molecule has 2 rings (SSSR count). The summed E-state index contributed by atoms with van der Waals surface area (Å²) in [7, 11) is 1.87. The molecule has 178 valence electrons. The first-order valence-corrected chi connectivity index (χ1v) is 11.7. The molecular weight excluding hydrogens is 493 g/mol. The van der Waals surface area contributed by atoms with Gasteiger partial charge in [-0.1, -0.05) is 40.5 Å². The second-order valence-corrected chi connectivity index (χ2v) is 8.59. The van der Waals surface area contributed by atoms with Crippen LogP contribution in [0.15, 0.2) is 4.99 Å². The predicted octanol–water partition coefficient (Wildman–Crippen LogP) is 2.26. The van der Waals surface area contributed by atoms with Gasteiger partial charge in [-0.05, 0) is 11.8 Å². The number of nitrogens with zero attached hydrogens (tertiary/aromatic N) is 3. The van der Waals surface area contributed by atoms with Crippen molar-refractivity contribution in [1.82, 2.24) is 20.4 Å². The predicted molar refractivity (Wildman–Crippen MR) is 136 cm³/mol. The molecule has 0 aromatic rings. The highest BCUT2D eigenvalue weighted by molar-refractivity contribution is 14.0. The molecule has 0 amide bonds. The van der Waals surface area contributed by atoms with Gasteiger partial charge in [-0.2, -0.15) is 0 Å². The van der Waals surface area contributed by atoms with Crippen molar-refractivity contribution in [2.75, 3.05) is 72.7 Å². The van der Waals surface area contributed by atoms with Gasteiger partial charge < -0.3 is 20.1 Å². The highest BCUT2D eigenvalue weighted by Gasteiger charge is 2.28. The van der Waals surface area contributed by atoms with E-state index >= 15 is 0 Å². The van der Waals surface area contributed by atoms with Crippen molar-refractivity contribution in [2.24, 2.45) is 16.8 Å². The molecule has 2 N–H and O–H groups in total. The van der Waals surface area contributed by atoms with Crippen molar-refractivity contribution in [3.63, 3.8) is 0 Å². The molecule has 2 atom stereocenters. The maximum Gasteiger partial charge on any atom is 0.191 e. The molecule has 2 aliphatic heterocycles. The van der Waals surface area contributed by atoms with Gasteiger partial charge in [0.15, 0.2) is 5.96 Å². The Bertz CT molecular complexity index is 464. The van der Waals surface area contributed by atoms with Crippen LogP contribution in [0.25, 0.3) is 0 Å². The van der Waals surface area contributed by atoms with Crippen molar-refractivity contribution in [2.45, 2.75) is 52.6 Å². The number of rotatable bonds is 10. The van der Waals surface area contributed by atoms with Crippen LogP contribution in [-0.2, 0) is 9.47 Å². The fourth-order valence-corrected chi connectivity index (χ4v) is 4.65. The van der Waals surface area contributed by atoms with Gasteiger partial charge in [0.1, 0.15) is 0 Å². The quantitative estimate of drug-likeness (QED) is 0.253. The minimum atomic E-state index is 0. The van der Waals surface area contributed by atoms with E-state index in [4.69, 9.17) is 9.47 Å². The van der Waals surface area contributed by atoms with E-state index in [1.165, 1.54) is 12.8 Å². The van der Waals surface area contributed by atoms with Gasteiger partial charge in [0.25, 0.3) is 0 Å². The lowest BCUT2D eigenvalue weighted by Gasteiger charge is -2.39. The minimum absolute atomic E-state index is 0. The summed E-state index contributed by atoms with van der Waals surface area (Å²) < 4.78 is 11.1. The highest BCUT2D eigenvalue weighted by atomic mass is 127. The van der Waals surface area contributed by atoms with E-state index in [9.17, 15) is 0 Å². The number of aliphatic imine (C=N–C) groups is 1. The van der Waals surface area contributed by atoms with Crippen LogP contribution in [0.4, 0.5) is 0 Å². The van der Waals surface area contributed by atoms with Crippen LogP contribution in [0.5, 0.6) is 0 Å². The number of guanidine groups is 1. The van der Waals surface area contributed by atoms with Gasteiger partial charge >= 0.3 is 0 Å². The normalized spacial score (nSPS) is 21.4. The first-order chi connectivity index (χ1) is 14.1. The second-order valence-electron chi connectivity index (χ2n) is 8.59. The Morgan fingerprint density at radius 2 is 1.27 bits per heavy atom. The molecular formula is C22H46IN5O2. The third-order valence-corrected chi connectivity index (χ3v) is 6.57. The van der Waals surface area contributed by atoms with Crippen molar-refractivity contribution in [1.29, 1.82) is 0 Å². The van der Waals surface area contributed by atoms with Gasteiger partial charge in [0.05, 0.1) is 26.4 Å². The first-order valence-electron chi connectivity index (χ1n) is 11.7. The first kappa shape index (κ1) is 27.9. The molecule has 8 heteroatoms. The van der Waals surface area contributed by atoms with Crippen molar-refractivity contribution < 1.29 is 9.47 Å². The van der Waals surface area contributed by atoms with Crippen LogP contribution < -0.4 is 10.6 Å². The van der Waals surface area contributed by atoms with Crippen LogP contribution >= 0.6 is 24.0 Å². The number of nitrogens with one attached hydrogen (secondary N) is 2. The summed E-state index contributed by atoms with van der Waals surface area (Å²) in [6, 6.07) is 1.01. The summed E-state index contributed by atoms with van der Waals surface area (Å²) in [6.45, 7) is 18.5. The number of halogens is 1. The molecule has 0 aromatic heterocycles. The Balaban J connectivity index is 0.00000450. The molecule has 2 fully saturated rings. The van der Waals surface area contributed by atoms with Gasteiger partial charge in [-0.15, -0.1) is 24.0 Å². The molecule has 0 spiro atoms. The van der Waals surface area contributed by atoms with Gasteiger partial charge in [-0.25, -0.2) is 0 Å². The fourth-order valence-electron chi connectivity index (χ4n) is 4.65. The Hall–Kier alpha value is -0.160. The molecule has 30 heavy (non-hydrogen) atoms. The Labute approximate surface area is 201 Å². The zero-order valence-electron chi connectivity index (χ0n) is 19.9. The summed E-state index contributed by atoms with van der Waals surface area (Å²) in [5, 5.41) is 7.22. The molecule has 2 aliphatic rings. The average molecular weight is 540 g/mol. The molecule has 0 aliphatic carbocycles. The van der Waals surface area contributed by atoms with Gasteiger partial charge in [0, 0.05) is 58.4 Å². The maximum absolute atomic E-state index is 5.58. The fraction of sp³-hybridized carbons (Fsp3) is 0.955. The molecule has 0 aromatic carbocycles. The van der Waals surface area contributed by atoms with E-state index in [2.05, 4.69) is 53.1 Å². The summed E-state index contributed by atoms with van der Waals surface area (Å²) in [6.07, 6.45) is 2.41. The standard InChI is InChI=1S/C22H45N5O2.HI/c1-6-19(7-2)21(27-10-14-29-15-11-27)17-25-22(23-5)24-16-20(18(3)4)26-8-12-28-13-9-26;/h18-21H,6-17H2,1-5H3,(H2,23,24,25);1H. The summed E-state index contributed by atoms with van der Waals surface area (Å²) in [5.74, 6) is 2.19. The van der Waals surface area contributed by atoms with E-state index in [1.54, 1.807) is 0 Å². The van der Waals surface area contributed by atoms with Crippen LogP contribution in [0, 0.1) is 11.8 Å². The van der Waals surface area contributed by atoms with Gasteiger partial charge in [0.2, 0.25) is 0 Å². The topological polar surface area (TPSA) is 61.4 Å². The van der Waals surface area contributed by atoms with Gasteiger partial charge in [-0.3, -0.25) is 14.8 Å². The third kappa shape index (κ3) is 8.76. The molecule has 0 radical (unpaired) electrons. The number of hydrogen-bond donors (Lipinski definition) is 2. The molecule has 2 unspecified atom stereocenters. The van der Waals surface area contributed by atoms with Crippen molar-refractivity contribution in [3.05, 3.63) is 0 Å². The zero-order valence-corrected chi connectivity index (χ0v) is 22.2. The van der Waals surface area contributed by atoms with Crippen molar-refractivity contribution >= 4 is 29.9 Å². The smallest absolute Gasteiger partial charge is 0.191 e. The van der Waals surface area contributed by atoms with E-state index in [0.29, 0.717) is 23.9 Å². The highest BCUT2D eigenvalue weighted by Crippen LogP contribution is 2.19. The Kier molecular flexibility index (Phi) is 14.5. The lowest BCUT2D eigenvalue weighted by Crippen LogP contribution is -2.55. The van der Waals surface area contributed by atoms with E-state index in [-0.39, 0.29) is 24.0 Å². The van der Waals surface area contributed by atoms with E-state index in [1.807, 2.05) is 7.05 Å². The lowest BCUT2D eigenvalue weighted by molar-refractivity contribution is 0.00259. The summed E-state index contributed by atoms with van der Waals surface area (Å²) >= 11 is 0. The second kappa shape index (κ2) is 15.6. The SMILES string of the molecule is CCC(CC)C(CNC(=NC)NCC(C(C)C)N1CCOCC1)N1CCOCC1.I. The number of hydrogen-bond acceptors (Lipinski definition) is 5. The summed E-state index contributed by atoms with van der Waals surface area (Å²) in [5.41, 5.74) is 0. The summed E-state index contributed by atoms with van der Waals surface area (Å²) in [4.78, 5) is 9.65. The average Bonchev–Trinajstić information content (AvgIpc) is 2.76. The molecule has 2 heterocycles. The zero-order chi connectivity index (χ0) is 21.1. The van der Waals surface area contributed by atoms with Crippen LogP contribution in [0.1, 0.15) is 40.5 Å². The third-order valence-electron chi connectivity index (χ3n) is 6.57. The minimum Gasteiger partial charge on any atom is -0.379 e. The number of ether oxygens (including phenoxy) is 2. The van der Waals surface area contributed by atoms with Crippen molar-refractivity contribution in [3.8, 4) is 0 Å². The Morgan fingerprint density at radius 3 is 1.67 bits per heavy atom. The van der Waals surface area contributed by atoms with E-state index < -0.39 is 0 Å². The van der Waals surface area contributed by atoms with Crippen LogP contribution in [0.2, 0.25) is 0 Å². The molecule has 7 nitrogen and oxygen atoms in total. The molecule has 0 bridgehead atoms. The molecule has 2 saturated heterocycles. The molecule has 0 saturated carbocycles. The van der Waals surface area contributed by atoms with Crippen LogP contribution in [0.3, 0.4) is 0 Å². The maximum atomic E-state index is 5.58. The van der Waals surface area contributed by atoms with E-state index in [0.717, 1.165) is 71.7 Å². The number of morpholine rings is 2. The largest absolute Gasteiger partial charge is 0.379 e.